The first kappa shape index (κ1) is 27.2. The lowest BCUT2D eigenvalue weighted by Gasteiger charge is -2.16. The van der Waals surface area contributed by atoms with Crippen LogP contribution >= 0.6 is 11.3 Å². The molecule has 0 fully saturated rings. The van der Waals surface area contributed by atoms with Crippen LogP contribution in [0.5, 0.6) is 0 Å². The van der Waals surface area contributed by atoms with Crippen molar-refractivity contribution < 1.29 is 14.5 Å². The van der Waals surface area contributed by atoms with Gasteiger partial charge in [-0.3, -0.25) is 9.59 Å². The second-order valence-corrected chi connectivity index (χ2v) is 11.4. The van der Waals surface area contributed by atoms with Crippen molar-refractivity contribution in [2.45, 2.75) is 25.7 Å². The smallest absolute Gasteiger partial charge is 0.365 e. The Labute approximate surface area is 247 Å². The number of aromatic nitrogens is 1. The van der Waals surface area contributed by atoms with E-state index < -0.39 is 11.6 Å². The third-order valence-electron chi connectivity index (χ3n) is 7.45. The Morgan fingerprint density at radius 2 is 1.40 bits per heavy atom. The minimum Gasteiger partial charge on any atom is -0.376 e. The number of nitrogens with zero attached hydrogens (tertiary/aromatic N) is 2. The molecule has 0 saturated carbocycles. The summed E-state index contributed by atoms with van der Waals surface area (Å²) in [6, 6.07) is 31.8. The van der Waals surface area contributed by atoms with E-state index in [4.69, 9.17) is 10.8 Å². The molecule has 6 rings (SSSR count). The number of nitrogens with two attached hydrogens (primary N) is 1. The van der Waals surface area contributed by atoms with Gasteiger partial charge >= 0.3 is 5.70 Å². The maximum atomic E-state index is 13.0. The van der Waals surface area contributed by atoms with Gasteiger partial charge in [0.1, 0.15) is 0 Å². The molecule has 7 nitrogen and oxygen atoms in total. The van der Waals surface area contributed by atoms with Gasteiger partial charge in [0, 0.05) is 24.1 Å². The highest BCUT2D eigenvalue weighted by Gasteiger charge is 2.41. The number of nitrogens with one attached hydrogen (secondary N) is 1. The summed E-state index contributed by atoms with van der Waals surface area (Å²) in [6.45, 7) is 0.405. The van der Waals surface area contributed by atoms with Gasteiger partial charge in [0.05, 0.1) is 20.1 Å². The fourth-order valence-electron chi connectivity index (χ4n) is 5.26. The Morgan fingerprint density at radius 3 is 2.14 bits per heavy atom. The zero-order valence-corrected chi connectivity index (χ0v) is 23.7. The Kier molecular flexibility index (Phi) is 7.70. The highest BCUT2D eigenvalue weighted by atomic mass is 32.1. The van der Waals surface area contributed by atoms with Gasteiger partial charge in [0.25, 0.3) is 5.78 Å². The number of Topliss-reactive ketones (excluding diaryl/α,β-unsaturated/α-hetero) is 2. The molecular weight excluding hydrogens is 544 g/mol. The predicted octanol–water partition coefficient (Wildman–Crippen LogP) is 6.21. The number of nitroso groups, excluding NO2 is 1. The maximum absolute atomic E-state index is 13.0. The molecule has 4 aromatic carbocycles. The molecule has 8 heteroatoms. The Morgan fingerprint density at radius 1 is 0.738 bits per heavy atom. The van der Waals surface area contributed by atoms with E-state index in [2.05, 4.69) is 72.0 Å². The van der Waals surface area contributed by atoms with Crippen LogP contribution in [0.4, 0.5) is 0 Å². The van der Waals surface area contributed by atoms with Crippen molar-refractivity contribution in [1.29, 1.82) is 0 Å². The van der Waals surface area contributed by atoms with Gasteiger partial charge in [0.2, 0.25) is 5.78 Å². The molecule has 1 aliphatic carbocycles. The lowest BCUT2D eigenvalue weighted by molar-refractivity contribution is -0.504. The van der Waals surface area contributed by atoms with Gasteiger partial charge in [-0.2, -0.15) is 5.84 Å². The zero-order valence-electron chi connectivity index (χ0n) is 22.9. The van der Waals surface area contributed by atoms with E-state index in [1.807, 2.05) is 6.07 Å². The molecule has 0 radical (unpaired) electrons. The first-order chi connectivity index (χ1) is 20.5. The SMILES string of the molecule is N[N+](=O)C1=C(NCCCc2ccc(-c3ccc4sc(CCc5ccccc5)nc4c3)cc2)C(=O)c2ccccc2C1=O. The molecule has 42 heavy (non-hydrogen) atoms. The molecule has 1 aliphatic rings. The fourth-order valence-corrected chi connectivity index (χ4v) is 6.21. The molecule has 0 bridgehead atoms. The Bertz CT molecular complexity index is 1840. The van der Waals surface area contributed by atoms with Gasteiger partial charge in [-0.1, -0.05) is 84.9 Å². The average molecular weight is 574 g/mol. The fraction of sp³-hybridized carbons (Fsp3) is 0.147. The Balaban J connectivity index is 1.07. The number of ketones is 2. The van der Waals surface area contributed by atoms with E-state index in [0.29, 0.717) is 13.0 Å². The van der Waals surface area contributed by atoms with Gasteiger partial charge in [-0.25, -0.2) is 4.98 Å². The number of hydrogen-bond donors (Lipinski definition) is 2. The number of benzene rings is 4. The maximum Gasteiger partial charge on any atom is 0.365 e. The van der Waals surface area contributed by atoms with E-state index in [0.717, 1.165) is 46.5 Å². The summed E-state index contributed by atoms with van der Waals surface area (Å²) in [4.78, 5) is 42.6. The number of hydrogen-bond acceptors (Lipinski definition) is 6. The van der Waals surface area contributed by atoms with E-state index in [1.165, 1.54) is 16.3 Å². The summed E-state index contributed by atoms with van der Waals surface area (Å²) in [6.07, 6.45) is 3.36. The van der Waals surface area contributed by atoms with E-state index in [-0.39, 0.29) is 27.4 Å². The van der Waals surface area contributed by atoms with Crippen molar-refractivity contribution in [3.63, 3.8) is 0 Å². The number of fused-ring (bicyclic) bond motifs is 2. The van der Waals surface area contributed by atoms with Crippen LogP contribution in [0.2, 0.25) is 0 Å². The monoisotopic (exact) mass is 573 g/mol. The first-order valence-corrected chi connectivity index (χ1v) is 14.7. The molecular formula is C34H29N4O3S+. The summed E-state index contributed by atoms with van der Waals surface area (Å²) in [5.41, 5.74) is 5.79. The van der Waals surface area contributed by atoms with E-state index in [9.17, 15) is 14.5 Å². The van der Waals surface area contributed by atoms with Gasteiger partial charge < -0.3 is 5.32 Å². The number of hydrazine groups is 1. The van der Waals surface area contributed by atoms with Crippen molar-refractivity contribution in [3.05, 3.63) is 141 Å². The number of aryl methyl sites for hydroxylation is 3. The molecule has 3 N–H and O–H groups in total. The van der Waals surface area contributed by atoms with E-state index in [1.54, 1.807) is 29.5 Å². The third kappa shape index (κ3) is 5.62. The third-order valence-corrected chi connectivity index (χ3v) is 8.55. The quantitative estimate of drug-likeness (QED) is 0.0890. The highest BCUT2D eigenvalue weighted by molar-refractivity contribution is 7.18. The summed E-state index contributed by atoms with van der Waals surface area (Å²) < 4.78 is 1.19. The van der Waals surface area contributed by atoms with Gasteiger partial charge in [-0.05, 0) is 53.6 Å². The topological polar surface area (TPSA) is 105 Å². The lowest BCUT2D eigenvalue weighted by Crippen LogP contribution is -2.36. The van der Waals surface area contributed by atoms with E-state index >= 15 is 0 Å². The second kappa shape index (κ2) is 11.9. The Hall–Kier alpha value is -4.95. The van der Waals surface area contributed by atoms with Gasteiger partial charge in [0.15, 0.2) is 10.6 Å². The summed E-state index contributed by atoms with van der Waals surface area (Å²) >= 11 is 1.76. The lowest BCUT2D eigenvalue weighted by atomic mass is 9.90. The van der Waals surface area contributed by atoms with Crippen LogP contribution in [0.3, 0.4) is 0 Å². The molecule has 0 unspecified atom stereocenters. The van der Waals surface area contributed by atoms with Crippen LogP contribution in [0.25, 0.3) is 21.3 Å². The molecule has 0 amide bonds. The van der Waals surface area contributed by atoms with Gasteiger partial charge in [-0.15, -0.1) is 11.3 Å². The van der Waals surface area contributed by atoms with Crippen molar-refractivity contribution in [1.82, 2.24) is 10.3 Å². The minimum atomic E-state index is -0.556. The summed E-state index contributed by atoms with van der Waals surface area (Å²) in [7, 11) is 0. The van der Waals surface area contributed by atoms with Crippen molar-refractivity contribution in [2.75, 3.05) is 6.54 Å². The van der Waals surface area contributed by atoms with Crippen LogP contribution < -0.4 is 11.2 Å². The average Bonchev–Trinajstić information content (AvgIpc) is 3.43. The van der Waals surface area contributed by atoms with Crippen LogP contribution in [-0.4, -0.2) is 28.0 Å². The number of allylic oxidation sites excluding steroid dienone is 2. The number of carbonyl (C=O) groups excluding carboxylic acids is 2. The molecule has 0 aliphatic heterocycles. The standard InChI is InChI=1S/C34H28N4O3S/c35-38(41)32-31(33(39)26-10-4-5-11-27(26)34(32)40)36-20-6-9-23-12-15-24(16-13-23)25-17-18-29-28(21-25)37-30(42-29)19-14-22-7-2-1-3-8-22/h1-5,7-8,10-13,15-18,21H,6,9,14,19-20H2,(H2-,35,36,40,41)/p+1. The predicted molar refractivity (Wildman–Crippen MR) is 165 cm³/mol. The van der Waals surface area contributed by atoms with Crippen LogP contribution in [0.15, 0.2) is 108 Å². The second-order valence-electron chi connectivity index (χ2n) is 10.3. The minimum absolute atomic E-state index is 0.0221. The highest BCUT2D eigenvalue weighted by Crippen LogP contribution is 2.29. The van der Waals surface area contributed by atoms with Crippen LogP contribution in [0.1, 0.15) is 43.3 Å². The number of rotatable bonds is 10. The normalized spacial score (nSPS) is 13.0. The van der Waals surface area contributed by atoms with Crippen molar-refractivity contribution in [3.8, 4) is 11.1 Å². The summed E-state index contributed by atoms with van der Waals surface area (Å²) in [5.74, 6) is 4.43. The van der Waals surface area contributed by atoms with Crippen LogP contribution in [0, 0.1) is 4.91 Å². The molecule has 1 aromatic heterocycles. The van der Waals surface area contributed by atoms with Crippen molar-refractivity contribution >= 4 is 33.1 Å². The molecule has 208 valence electrons. The summed E-state index contributed by atoms with van der Waals surface area (Å²) in [5, 5.41) is 4.15. The molecule has 0 spiro atoms. The van der Waals surface area contributed by atoms with Crippen molar-refractivity contribution in [2.24, 2.45) is 5.84 Å². The first-order valence-electron chi connectivity index (χ1n) is 13.9. The molecule has 0 saturated heterocycles. The molecule has 5 aromatic rings. The zero-order chi connectivity index (χ0) is 29.1. The largest absolute Gasteiger partial charge is 0.376 e. The molecule has 0 atom stereocenters. The number of thiazole rings is 1. The molecule has 1 heterocycles. The van der Waals surface area contributed by atoms with Crippen LogP contribution in [-0.2, 0) is 19.3 Å². The number of carbonyl (C=O) groups is 2.